The number of likely N-dealkylation sites (tertiary alicyclic amines) is 1. The molecule has 0 spiro atoms. The fourth-order valence-corrected chi connectivity index (χ4v) is 2.98. The molecule has 138 valence electrons. The summed E-state index contributed by atoms with van der Waals surface area (Å²) < 4.78 is 45.5. The van der Waals surface area contributed by atoms with E-state index in [1.54, 1.807) is 6.07 Å². The van der Waals surface area contributed by atoms with Crippen molar-refractivity contribution in [2.45, 2.75) is 31.9 Å². The predicted molar refractivity (Wildman–Crippen MR) is 86.5 cm³/mol. The Hall–Kier alpha value is -2.76. The largest absolute Gasteiger partial charge is 0.448 e. The van der Waals surface area contributed by atoms with Crippen LogP contribution in [0.25, 0.3) is 5.65 Å². The van der Waals surface area contributed by atoms with Crippen LogP contribution >= 0.6 is 0 Å². The molecule has 1 fully saturated rings. The van der Waals surface area contributed by atoms with Crippen LogP contribution in [-0.2, 0) is 10.9 Å². The van der Waals surface area contributed by atoms with Crippen molar-refractivity contribution in [3.8, 4) is 12.3 Å². The maximum absolute atomic E-state index is 13.2. The van der Waals surface area contributed by atoms with Gasteiger partial charge in [0.1, 0.15) is 12.3 Å². The topological polar surface area (TPSA) is 59.7 Å². The molecule has 1 aliphatic heterocycles. The fourth-order valence-electron chi connectivity index (χ4n) is 2.98. The third-order valence-corrected chi connectivity index (χ3v) is 4.20. The highest BCUT2D eigenvalue weighted by Crippen LogP contribution is 2.32. The summed E-state index contributed by atoms with van der Waals surface area (Å²) in [6, 6.07) is 2.51. The fraction of sp³-hybridized carbons (Fsp3) is 0.471. The second kappa shape index (κ2) is 6.86. The molecule has 26 heavy (non-hydrogen) atoms. The smallest absolute Gasteiger partial charge is 0.433 e. The molecule has 1 aliphatic rings. The first-order chi connectivity index (χ1) is 12.3. The Kier molecular flexibility index (Phi) is 4.76. The van der Waals surface area contributed by atoms with Crippen LogP contribution in [-0.4, -0.2) is 45.3 Å². The third kappa shape index (κ3) is 3.59. The number of aromatic nitrogens is 3. The van der Waals surface area contributed by atoms with Gasteiger partial charge in [-0.1, -0.05) is 0 Å². The Morgan fingerprint density at radius 1 is 1.46 bits per heavy atom. The molecular formula is C17H17F3N4O2. The van der Waals surface area contributed by atoms with Gasteiger partial charge in [-0.3, -0.25) is 0 Å². The van der Waals surface area contributed by atoms with Gasteiger partial charge < -0.3 is 9.64 Å². The van der Waals surface area contributed by atoms with Gasteiger partial charge in [0.15, 0.2) is 5.65 Å². The van der Waals surface area contributed by atoms with E-state index in [0.717, 1.165) is 10.6 Å². The summed E-state index contributed by atoms with van der Waals surface area (Å²) in [5, 5.41) is 4.10. The number of ether oxygens (including phenoxy) is 1. The lowest BCUT2D eigenvalue weighted by atomic mass is 10.1. The van der Waals surface area contributed by atoms with Gasteiger partial charge >= 0.3 is 12.3 Å². The number of halogens is 3. The number of aryl methyl sites for hydroxylation is 1. The van der Waals surface area contributed by atoms with Crippen molar-refractivity contribution in [1.82, 2.24) is 19.5 Å². The molecule has 1 atom stereocenters. The lowest BCUT2D eigenvalue weighted by Gasteiger charge is -2.15. The van der Waals surface area contributed by atoms with Crippen LogP contribution in [0.15, 0.2) is 12.1 Å². The monoisotopic (exact) mass is 366 g/mol. The van der Waals surface area contributed by atoms with E-state index in [-0.39, 0.29) is 23.9 Å². The summed E-state index contributed by atoms with van der Waals surface area (Å²) in [6.45, 7) is 2.43. The molecule has 2 aromatic rings. The third-order valence-electron chi connectivity index (χ3n) is 4.20. The van der Waals surface area contributed by atoms with E-state index in [9.17, 15) is 18.0 Å². The van der Waals surface area contributed by atoms with Gasteiger partial charge in [0, 0.05) is 37.2 Å². The van der Waals surface area contributed by atoms with Crippen molar-refractivity contribution in [3.05, 3.63) is 29.2 Å². The molecule has 0 unspecified atom stereocenters. The quantitative estimate of drug-likeness (QED) is 0.619. The van der Waals surface area contributed by atoms with Gasteiger partial charge in [0.25, 0.3) is 0 Å². The summed E-state index contributed by atoms with van der Waals surface area (Å²) >= 11 is 0. The maximum atomic E-state index is 13.2. The molecule has 0 radical (unpaired) electrons. The van der Waals surface area contributed by atoms with Crippen molar-refractivity contribution in [2.24, 2.45) is 0 Å². The molecular weight excluding hydrogens is 349 g/mol. The summed E-state index contributed by atoms with van der Waals surface area (Å²) in [4.78, 5) is 17.6. The summed E-state index contributed by atoms with van der Waals surface area (Å²) in [6.07, 6.45) is 1.03. The van der Waals surface area contributed by atoms with Crippen molar-refractivity contribution in [1.29, 1.82) is 0 Å². The molecule has 0 bridgehead atoms. The van der Waals surface area contributed by atoms with E-state index in [2.05, 4.69) is 16.0 Å². The standard InChI is InChI=1S/C17H17F3N4O2/c1-3-4-7-26-16(25)23-6-5-12(10-23)13-9-15-21-11(2)8-14(17(18,19)20)24(15)22-13/h1,8-9,12H,4-7,10H2,2H3/t12-/m0/s1. The van der Waals surface area contributed by atoms with Gasteiger partial charge in [-0.05, 0) is 19.4 Å². The minimum atomic E-state index is -4.53. The van der Waals surface area contributed by atoms with Crippen LogP contribution in [0.4, 0.5) is 18.0 Å². The first-order valence-electron chi connectivity index (χ1n) is 8.09. The minimum absolute atomic E-state index is 0.141. The molecule has 0 N–H and O–H groups in total. The molecule has 1 saturated heterocycles. The van der Waals surface area contributed by atoms with Gasteiger partial charge in [-0.25, -0.2) is 14.3 Å². The Labute approximate surface area is 147 Å². The Morgan fingerprint density at radius 3 is 2.92 bits per heavy atom. The average molecular weight is 366 g/mol. The Balaban J connectivity index is 1.80. The minimum Gasteiger partial charge on any atom is -0.448 e. The molecule has 6 nitrogen and oxygen atoms in total. The Morgan fingerprint density at radius 2 is 2.23 bits per heavy atom. The van der Waals surface area contributed by atoms with E-state index in [1.165, 1.54) is 11.8 Å². The van der Waals surface area contributed by atoms with Crippen LogP contribution in [0.3, 0.4) is 0 Å². The number of rotatable bonds is 3. The highest BCUT2D eigenvalue weighted by molar-refractivity contribution is 5.68. The van der Waals surface area contributed by atoms with Crippen LogP contribution in [0.1, 0.15) is 35.8 Å². The summed E-state index contributed by atoms with van der Waals surface area (Å²) in [5.41, 5.74) is 0.0195. The van der Waals surface area contributed by atoms with Crippen molar-refractivity contribution >= 4 is 11.7 Å². The molecule has 0 saturated carbocycles. The van der Waals surface area contributed by atoms with Gasteiger partial charge in [0.2, 0.25) is 0 Å². The molecule has 0 aromatic carbocycles. The van der Waals surface area contributed by atoms with Crippen molar-refractivity contribution < 1.29 is 22.7 Å². The lowest BCUT2D eigenvalue weighted by molar-refractivity contribution is -0.142. The molecule has 3 rings (SSSR count). The molecule has 1 amide bonds. The van der Waals surface area contributed by atoms with Crippen LogP contribution in [0.5, 0.6) is 0 Å². The number of hydrogen-bond acceptors (Lipinski definition) is 4. The first kappa shape index (κ1) is 18.0. The highest BCUT2D eigenvalue weighted by atomic mass is 19.4. The molecule has 3 heterocycles. The lowest BCUT2D eigenvalue weighted by Crippen LogP contribution is -2.29. The zero-order chi connectivity index (χ0) is 18.9. The number of alkyl halides is 3. The van der Waals surface area contributed by atoms with Crippen LogP contribution in [0.2, 0.25) is 0 Å². The Bertz CT molecular complexity index is 869. The van der Waals surface area contributed by atoms with Gasteiger partial charge in [-0.15, -0.1) is 12.3 Å². The van der Waals surface area contributed by atoms with E-state index in [1.807, 2.05) is 0 Å². The summed E-state index contributed by atoms with van der Waals surface area (Å²) in [7, 11) is 0. The molecule has 0 aliphatic carbocycles. The number of nitrogens with zero attached hydrogens (tertiary/aromatic N) is 4. The summed E-state index contributed by atoms with van der Waals surface area (Å²) in [5.74, 6) is 2.21. The van der Waals surface area contributed by atoms with Crippen LogP contribution in [0, 0.1) is 19.3 Å². The van der Waals surface area contributed by atoms with E-state index >= 15 is 0 Å². The zero-order valence-electron chi connectivity index (χ0n) is 14.1. The van der Waals surface area contributed by atoms with Gasteiger partial charge in [-0.2, -0.15) is 18.3 Å². The van der Waals surface area contributed by atoms with Crippen molar-refractivity contribution in [3.63, 3.8) is 0 Å². The normalized spacial score (nSPS) is 17.5. The van der Waals surface area contributed by atoms with E-state index in [0.29, 0.717) is 31.6 Å². The van der Waals surface area contributed by atoms with Gasteiger partial charge in [0.05, 0.1) is 5.69 Å². The number of carbonyl (C=O) groups excluding carboxylic acids is 1. The van der Waals surface area contributed by atoms with E-state index < -0.39 is 18.0 Å². The van der Waals surface area contributed by atoms with Crippen LogP contribution < -0.4 is 0 Å². The van der Waals surface area contributed by atoms with E-state index in [4.69, 9.17) is 11.2 Å². The zero-order valence-corrected chi connectivity index (χ0v) is 14.1. The highest BCUT2D eigenvalue weighted by Gasteiger charge is 2.36. The maximum Gasteiger partial charge on any atom is 0.433 e. The average Bonchev–Trinajstić information content (AvgIpc) is 3.19. The predicted octanol–water partition coefficient (Wildman–Crippen LogP) is 3.01. The number of carbonyl (C=O) groups is 1. The second-order valence-electron chi connectivity index (χ2n) is 6.12. The number of terminal acetylenes is 1. The number of fused-ring (bicyclic) bond motifs is 1. The molecule has 9 heteroatoms. The first-order valence-corrected chi connectivity index (χ1v) is 8.09. The molecule has 2 aromatic heterocycles. The number of amides is 1. The number of hydrogen-bond donors (Lipinski definition) is 0. The van der Waals surface area contributed by atoms with Crippen molar-refractivity contribution in [2.75, 3.05) is 19.7 Å². The SMILES string of the molecule is C#CCCOC(=O)N1CC[C@H](c2cc3nc(C)cc(C(F)(F)F)n3n2)C1. The second-order valence-corrected chi connectivity index (χ2v) is 6.12.